The van der Waals surface area contributed by atoms with E-state index in [1.807, 2.05) is 30.3 Å². The molecule has 0 unspecified atom stereocenters. The molecule has 4 aromatic rings. The molecule has 0 aliphatic rings. The number of hydrogen-bond donors (Lipinski definition) is 1. The molecule has 0 saturated carbocycles. The van der Waals surface area contributed by atoms with E-state index in [1.54, 1.807) is 12.1 Å². The summed E-state index contributed by atoms with van der Waals surface area (Å²) in [6.07, 6.45) is 2.01. The van der Waals surface area contributed by atoms with E-state index in [-0.39, 0.29) is 17.0 Å². The van der Waals surface area contributed by atoms with Gasteiger partial charge in [-0.2, -0.15) is 9.78 Å². The van der Waals surface area contributed by atoms with Crippen LogP contribution >= 0.6 is 0 Å². The van der Waals surface area contributed by atoms with Gasteiger partial charge in [-0.05, 0) is 23.8 Å². The summed E-state index contributed by atoms with van der Waals surface area (Å²) in [6.45, 7) is 0. The molecule has 0 spiro atoms. The van der Waals surface area contributed by atoms with Gasteiger partial charge in [0.1, 0.15) is 5.69 Å². The zero-order valence-corrected chi connectivity index (χ0v) is 15.6. The number of rotatable bonds is 4. The molecule has 2 aromatic carbocycles. The second kappa shape index (κ2) is 8.29. The van der Waals surface area contributed by atoms with Crippen LogP contribution in [0, 0.1) is 12.0 Å². The van der Waals surface area contributed by atoms with Crippen molar-refractivity contribution in [1.82, 2.24) is 14.8 Å². The molecule has 0 amide bonds. The highest BCUT2D eigenvalue weighted by molar-refractivity contribution is 5.88. The standard InChI is InChI=1S/C23H15N3O4/c27-21-13-12-19(25-26(21)14-4-7-16-5-2-1-3-6-16)22-24-15-20(30-22)17-8-10-18(11-9-17)23(28)29/h1-3,5-6,8-13,15H,7H2,(H,28,29). The van der Waals surface area contributed by atoms with Crippen molar-refractivity contribution in [3.05, 3.63) is 94.4 Å². The fourth-order valence-corrected chi connectivity index (χ4v) is 2.72. The van der Waals surface area contributed by atoms with Gasteiger partial charge in [-0.25, -0.2) is 9.78 Å². The first-order valence-corrected chi connectivity index (χ1v) is 9.03. The van der Waals surface area contributed by atoms with Crippen molar-refractivity contribution in [3.8, 4) is 34.9 Å². The molecule has 0 fully saturated rings. The van der Waals surface area contributed by atoms with Gasteiger partial charge >= 0.3 is 5.97 Å². The minimum atomic E-state index is -1.00. The highest BCUT2D eigenvalue weighted by Gasteiger charge is 2.12. The van der Waals surface area contributed by atoms with Crippen molar-refractivity contribution in [2.45, 2.75) is 6.42 Å². The molecule has 0 aliphatic carbocycles. The van der Waals surface area contributed by atoms with Gasteiger partial charge in [0.2, 0.25) is 5.89 Å². The summed E-state index contributed by atoms with van der Waals surface area (Å²) in [5.74, 6) is 2.62. The summed E-state index contributed by atoms with van der Waals surface area (Å²) in [5, 5.41) is 13.2. The summed E-state index contributed by atoms with van der Waals surface area (Å²) < 4.78 is 6.80. The first-order valence-electron chi connectivity index (χ1n) is 9.03. The molecule has 7 nitrogen and oxygen atoms in total. The van der Waals surface area contributed by atoms with Gasteiger partial charge in [0.05, 0.1) is 11.8 Å². The SMILES string of the molecule is O=C(O)c1ccc(-c2cnc(-c3ccc(=O)n(C#CCc4ccccc4)n3)o2)cc1. The van der Waals surface area contributed by atoms with E-state index >= 15 is 0 Å². The highest BCUT2D eigenvalue weighted by atomic mass is 16.4. The van der Waals surface area contributed by atoms with Crippen LogP contribution in [0.4, 0.5) is 0 Å². The zero-order chi connectivity index (χ0) is 20.9. The maximum atomic E-state index is 12.1. The average molecular weight is 397 g/mol. The molecule has 30 heavy (non-hydrogen) atoms. The number of carboxylic acids is 1. The minimum absolute atomic E-state index is 0.182. The highest BCUT2D eigenvalue weighted by Crippen LogP contribution is 2.24. The normalized spacial score (nSPS) is 10.3. The van der Waals surface area contributed by atoms with E-state index in [0.717, 1.165) is 10.2 Å². The maximum Gasteiger partial charge on any atom is 0.335 e. The molecule has 7 heteroatoms. The van der Waals surface area contributed by atoms with Gasteiger partial charge in [0.15, 0.2) is 5.76 Å². The van der Waals surface area contributed by atoms with Crippen molar-refractivity contribution < 1.29 is 14.3 Å². The number of nitrogens with zero attached hydrogens (tertiary/aromatic N) is 3. The third-order valence-corrected chi connectivity index (χ3v) is 4.26. The van der Waals surface area contributed by atoms with Crippen LogP contribution in [0.15, 0.2) is 82.1 Å². The Balaban J connectivity index is 1.57. The van der Waals surface area contributed by atoms with E-state index in [1.165, 1.54) is 30.5 Å². The van der Waals surface area contributed by atoms with Crippen LogP contribution in [0.5, 0.6) is 0 Å². The summed E-state index contributed by atoms with van der Waals surface area (Å²) in [6, 6.07) is 21.6. The van der Waals surface area contributed by atoms with Crippen molar-refractivity contribution in [3.63, 3.8) is 0 Å². The van der Waals surface area contributed by atoms with Gasteiger partial charge in [0, 0.05) is 24.1 Å². The monoisotopic (exact) mass is 397 g/mol. The molecular formula is C23H15N3O4. The average Bonchev–Trinajstić information content (AvgIpc) is 3.26. The molecule has 2 heterocycles. The van der Waals surface area contributed by atoms with E-state index < -0.39 is 5.97 Å². The Hall–Kier alpha value is -4.44. The largest absolute Gasteiger partial charge is 0.478 e. The summed E-state index contributed by atoms with van der Waals surface area (Å²) >= 11 is 0. The third kappa shape index (κ3) is 4.18. The van der Waals surface area contributed by atoms with E-state index in [2.05, 4.69) is 22.0 Å². The Morgan fingerprint density at radius 1 is 1.03 bits per heavy atom. The minimum Gasteiger partial charge on any atom is -0.478 e. The molecule has 0 atom stereocenters. The first-order chi connectivity index (χ1) is 14.6. The predicted octanol–water partition coefficient (Wildman–Crippen LogP) is 3.32. The van der Waals surface area contributed by atoms with Gasteiger partial charge < -0.3 is 9.52 Å². The fourth-order valence-electron chi connectivity index (χ4n) is 2.72. The Kier molecular flexibility index (Phi) is 5.22. The maximum absolute atomic E-state index is 12.1. The fraction of sp³-hybridized carbons (Fsp3) is 0.0435. The van der Waals surface area contributed by atoms with Gasteiger partial charge in [-0.3, -0.25) is 4.79 Å². The number of carbonyl (C=O) groups is 1. The molecule has 0 aliphatic heterocycles. The topological polar surface area (TPSA) is 98.2 Å². The summed E-state index contributed by atoms with van der Waals surface area (Å²) in [7, 11) is 0. The van der Waals surface area contributed by atoms with Crippen LogP contribution in [-0.4, -0.2) is 25.8 Å². The number of aromatic carboxylic acids is 1. The third-order valence-electron chi connectivity index (χ3n) is 4.26. The van der Waals surface area contributed by atoms with Crippen molar-refractivity contribution in [1.29, 1.82) is 0 Å². The van der Waals surface area contributed by atoms with Gasteiger partial charge in [-0.1, -0.05) is 48.4 Å². The second-order valence-corrected chi connectivity index (χ2v) is 6.33. The number of aromatic nitrogens is 3. The van der Waals surface area contributed by atoms with Crippen LogP contribution < -0.4 is 5.56 Å². The Labute approximate surface area is 171 Å². The van der Waals surface area contributed by atoms with E-state index in [0.29, 0.717) is 23.4 Å². The van der Waals surface area contributed by atoms with Crippen LogP contribution in [0.1, 0.15) is 15.9 Å². The second-order valence-electron chi connectivity index (χ2n) is 6.33. The molecule has 0 bridgehead atoms. The van der Waals surface area contributed by atoms with E-state index in [4.69, 9.17) is 9.52 Å². The Morgan fingerprint density at radius 2 is 1.80 bits per heavy atom. The lowest BCUT2D eigenvalue weighted by atomic mass is 10.1. The van der Waals surface area contributed by atoms with Crippen LogP contribution in [-0.2, 0) is 6.42 Å². The molecular weight excluding hydrogens is 382 g/mol. The number of hydrogen-bond acceptors (Lipinski definition) is 5. The molecule has 0 radical (unpaired) electrons. The van der Waals surface area contributed by atoms with Crippen molar-refractivity contribution in [2.75, 3.05) is 0 Å². The van der Waals surface area contributed by atoms with Crippen LogP contribution in [0.3, 0.4) is 0 Å². The Morgan fingerprint density at radius 3 is 2.53 bits per heavy atom. The molecule has 146 valence electrons. The molecule has 1 N–H and O–H groups in total. The molecule has 2 aromatic heterocycles. The number of benzene rings is 2. The lowest BCUT2D eigenvalue weighted by Gasteiger charge is -1.99. The zero-order valence-electron chi connectivity index (χ0n) is 15.6. The smallest absolute Gasteiger partial charge is 0.335 e. The quantitative estimate of drug-likeness (QED) is 0.531. The van der Waals surface area contributed by atoms with Crippen LogP contribution in [0.2, 0.25) is 0 Å². The summed E-state index contributed by atoms with van der Waals surface area (Å²) in [5.41, 5.74) is 1.91. The van der Waals surface area contributed by atoms with Crippen molar-refractivity contribution in [2.24, 2.45) is 0 Å². The first kappa shape index (κ1) is 18.9. The number of oxazole rings is 1. The lowest BCUT2D eigenvalue weighted by molar-refractivity contribution is 0.0697. The van der Waals surface area contributed by atoms with Gasteiger partial charge in [-0.15, -0.1) is 0 Å². The van der Waals surface area contributed by atoms with Crippen LogP contribution in [0.25, 0.3) is 22.9 Å². The molecule has 0 saturated heterocycles. The molecule has 4 rings (SSSR count). The lowest BCUT2D eigenvalue weighted by Crippen LogP contribution is -2.18. The Bertz CT molecular complexity index is 1310. The van der Waals surface area contributed by atoms with Gasteiger partial charge in [0.25, 0.3) is 5.56 Å². The van der Waals surface area contributed by atoms with E-state index in [9.17, 15) is 9.59 Å². The number of carboxylic acid groups (broad SMARTS) is 1. The summed E-state index contributed by atoms with van der Waals surface area (Å²) in [4.78, 5) is 27.2. The van der Waals surface area contributed by atoms with Crippen molar-refractivity contribution >= 4 is 5.97 Å². The predicted molar refractivity (Wildman–Crippen MR) is 110 cm³/mol.